The van der Waals surface area contributed by atoms with Gasteiger partial charge in [0.05, 0.1) is 5.25 Å². The Morgan fingerprint density at radius 3 is 2.90 bits per heavy atom. The van der Waals surface area contributed by atoms with Crippen LogP contribution in [0.1, 0.15) is 11.1 Å². The molecule has 1 atom stereocenters. The van der Waals surface area contributed by atoms with Crippen molar-refractivity contribution < 1.29 is 4.79 Å². The normalized spacial score (nSPS) is 16.8. The number of hydrogen-bond donors (Lipinski definition) is 2. The van der Waals surface area contributed by atoms with Gasteiger partial charge in [-0.15, -0.1) is 11.8 Å². The molecule has 0 bridgehead atoms. The lowest BCUT2D eigenvalue weighted by atomic mass is 10.1. The maximum Gasteiger partial charge on any atom is 0.238 e. The molecule has 0 fully saturated rings. The molecular formula is C16H16N2OS. The van der Waals surface area contributed by atoms with E-state index in [0.29, 0.717) is 6.54 Å². The molecule has 0 spiro atoms. The minimum Gasteiger partial charge on any atom is -0.326 e. The Labute approximate surface area is 122 Å². The molecule has 1 amide bonds. The molecule has 0 saturated heterocycles. The van der Waals surface area contributed by atoms with Crippen LogP contribution >= 0.6 is 11.8 Å². The van der Waals surface area contributed by atoms with Crippen LogP contribution in [0.2, 0.25) is 0 Å². The highest BCUT2D eigenvalue weighted by Crippen LogP contribution is 2.37. The highest BCUT2D eigenvalue weighted by molar-refractivity contribution is 8.01. The van der Waals surface area contributed by atoms with Crippen LogP contribution in [-0.2, 0) is 17.8 Å². The van der Waals surface area contributed by atoms with E-state index in [2.05, 4.69) is 17.4 Å². The van der Waals surface area contributed by atoms with Gasteiger partial charge in [0.1, 0.15) is 0 Å². The monoisotopic (exact) mass is 284 g/mol. The van der Waals surface area contributed by atoms with Crippen molar-refractivity contribution in [2.75, 3.05) is 5.32 Å². The summed E-state index contributed by atoms with van der Waals surface area (Å²) in [6.07, 6.45) is 0.795. The van der Waals surface area contributed by atoms with Gasteiger partial charge in [-0.05, 0) is 35.7 Å². The van der Waals surface area contributed by atoms with Crippen LogP contribution in [0, 0.1) is 0 Å². The molecule has 3 rings (SSSR count). The van der Waals surface area contributed by atoms with Crippen molar-refractivity contribution in [2.24, 2.45) is 5.73 Å². The Morgan fingerprint density at radius 2 is 2.10 bits per heavy atom. The first-order valence-corrected chi connectivity index (χ1v) is 7.48. The van der Waals surface area contributed by atoms with E-state index in [1.807, 2.05) is 36.4 Å². The molecule has 2 aromatic rings. The largest absolute Gasteiger partial charge is 0.326 e. The van der Waals surface area contributed by atoms with Crippen LogP contribution in [0.3, 0.4) is 0 Å². The van der Waals surface area contributed by atoms with Gasteiger partial charge >= 0.3 is 0 Å². The van der Waals surface area contributed by atoms with E-state index < -0.39 is 0 Å². The van der Waals surface area contributed by atoms with Gasteiger partial charge in [0.2, 0.25) is 5.91 Å². The van der Waals surface area contributed by atoms with Crippen molar-refractivity contribution in [1.82, 2.24) is 0 Å². The number of carbonyl (C=O) groups is 1. The van der Waals surface area contributed by atoms with Crippen LogP contribution < -0.4 is 11.1 Å². The topological polar surface area (TPSA) is 55.1 Å². The van der Waals surface area contributed by atoms with E-state index in [1.54, 1.807) is 11.8 Å². The van der Waals surface area contributed by atoms with Crippen molar-refractivity contribution in [3.8, 4) is 0 Å². The molecule has 2 aromatic carbocycles. The smallest absolute Gasteiger partial charge is 0.238 e. The minimum atomic E-state index is -0.0473. The fourth-order valence-corrected chi connectivity index (χ4v) is 3.52. The van der Waals surface area contributed by atoms with E-state index >= 15 is 0 Å². The van der Waals surface area contributed by atoms with E-state index in [1.165, 1.54) is 10.5 Å². The Bertz CT molecular complexity index is 617. The third kappa shape index (κ3) is 2.71. The number of anilines is 1. The lowest BCUT2D eigenvalue weighted by Crippen LogP contribution is -2.24. The molecule has 1 unspecified atom stereocenters. The summed E-state index contributed by atoms with van der Waals surface area (Å²) in [7, 11) is 0. The summed E-state index contributed by atoms with van der Waals surface area (Å²) in [5.74, 6) is 0.0559. The predicted molar refractivity (Wildman–Crippen MR) is 82.8 cm³/mol. The van der Waals surface area contributed by atoms with E-state index in [9.17, 15) is 4.79 Å². The SMILES string of the molecule is NCc1cccc(NC(=O)C2Cc3ccccc3S2)c1. The Kier molecular flexibility index (Phi) is 3.76. The summed E-state index contributed by atoms with van der Waals surface area (Å²) in [5, 5.41) is 2.93. The van der Waals surface area contributed by atoms with Crippen LogP contribution in [0.25, 0.3) is 0 Å². The highest BCUT2D eigenvalue weighted by atomic mass is 32.2. The average molecular weight is 284 g/mol. The summed E-state index contributed by atoms with van der Waals surface area (Å²) >= 11 is 1.64. The first-order valence-electron chi connectivity index (χ1n) is 6.60. The molecule has 1 aliphatic rings. The van der Waals surface area contributed by atoms with Crippen molar-refractivity contribution in [2.45, 2.75) is 23.1 Å². The first-order chi connectivity index (χ1) is 9.76. The van der Waals surface area contributed by atoms with Gasteiger partial charge in [0.25, 0.3) is 0 Å². The summed E-state index contributed by atoms with van der Waals surface area (Å²) in [5.41, 5.74) is 8.70. The molecule has 3 nitrogen and oxygen atoms in total. The number of carbonyl (C=O) groups excluding carboxylic acids is 1. The van der Waals surface area contributed by atoms with Crippen LogP contribution in [0.4, 0.5) is 5.69 Å². The lowest BCUT2D eigenvalue weighted by Gasteiger charge is -2.10. The molecule has 20 heavy (non-hydrogen) atoms. The van der Waals surface area contributed by atoms with Crippen LogP contribution in [0.15, 0.2) is 53.4 Å². The minimum absolute atomic E-state index is 0.0473. The van der Waals surface area contributed by atoms with Crippen molar-refractivity contribution in [3.05, 3.63) is 59.7 Å². The highest BCUT2D eigenvalue weighted by Gasteiger charge is 2.27. The van der Waals surface area contributed by atoms with Crippen LogP contribution in [0.5, 0.6) is 0 Å². The maximum absolute atomic E-state index is 12.3. The fraction of sp³-hybridized carbons (Fsp3) is 0.188. The maximum atomic E-state index is 12.3. The zero-order chi connectivity index (χ0) is 13.9. The Morgan fingerprint density at radius 1 is 1.25 bits per heavy atom. The number of amides is 1. The third-order valence-electron chi connectivity index (χ3n) is 3.37. The van der Waals surface area contributed by atoms with Gasteiger partial charge in [-0.25, -0.2) is 0 Å². The molecular weight excluding hydrogens is 268 g/mol. The van der Waals surface area contributed by atoms with Gasteiger partial charge in [-0.2, -0.15) is 0 Å². The van der Waals surface area contributed by atoms with Crippen molar-refractivity contribution in [3.63, 3.8) is 0 Å². The summed E-state index contributed by atoms with van der Waals surface area (Å²) in [6.45, 7) is 0.479. The molecule has 3 N–H and O–H groups in total. The molecule has 0 aliphatic carbocycles. The van der Waals surface area contributed by atoms with E-state index in [0.717, 1.165) is 17.7 Å². The number of nitrogens with two attached hydrogens (primary N) is 1. The van der Waals surface area contributed by atoms with Gasteiger partial charge in [0.15, 0.2) is 0 Å². The predicted octanol–water partition coefficient (Wildman–Crippen LogP) is 2.80. The Hall–Kier alpha value is -1.78. The second-order valence-corrected chi connectivity index (χ2v) is 6.06. The number of benzene rings is 2. The molecule has 0 saturated carbocycles. The zero-order valence-electron chi connectivity index (χ0n) is 11.0. The number of nitrogens with one attached hydrogen (secondary N) is 1. The van der Waals surface area contributed by atoms with Gasteiger partial charge in [-0.3, -0.25) is 4.79 Å². The van der Waals surface area contributed by atoms with Gasteiger partial charge in [0, 0.05) is 17.1 Å². The Balaban J connectivity index is 1.69. The van der Waals surface area contributed by atoms with Gasteiger partial charge < -0.3 is 11.1 Å². The average Bonchev–Trinajstić information content (AvgIpc) is 2.91. The summed E-state index contributed by atoms with van der Waals surface area (Å²) in [6, 6.07) is 15.9. The number of rotatable bonds is 3. The molecule has 1 aliphatic heterocycles. The molecule has 102 valence electrons. The van der Waals surface area contributed by atoms with Crippen molar-refractivity contribution in [1.29, 1.82) is 0 Å². The second-order valence-electron chi connectivity index (χ2n) is 4.81. The number of thioether (sulfide) groups is 1. The molecule has 0 radical (unpaired) electrons. The third-order valence-corrected chi connectivity index (χ3v) is 4.69. The standard InChI is InChI=1S/C16H16N2OS/c17-10-11-4-3-6-13(8-11)18-16(19)15-9-12-5-1-2-7-14(12)20-15/h1-8,15H,9-10,17H2,(H,18,19). The summed E-state index contributed by atoms with van der Waals surface area (Å²) in [4.78, 5) is 13.5. The van der Waals surface area contributed by atoms with Crippen LogP contribution in [-0.4, -0.2) is 11.2 Å². The molecule has 0 aromatic heterocycles. The second kappa shape index (κ2) is 5.69. The number of hydrogen-bond acceptors (Lipinski definition) is 3. The molecule has 1 heterocycles. The van der Waals surface area contributed by atoms with Gasteiger partial charge in [-0.1, -0.05) is 30.3 Å². The first kappa shape index (κ1) is 13.2. The summed E-state index contributed by atoms with van der Waals surface area (Å²) < 4.78 is 0. The molecule has 4 heteroatoms. The van der Waals surface area contributed by atoms with Crippen molar-refractivity contribution >= 4 is 23.4 Å². The quantitative estimate of drug-likeness (QED) is 0.911. The van der Waals surface area contributed by atoms with E-state index in [-0.39, 0.29) is 11.2 Å². The lowest BCUT2D eigenvalue weighted by molar-refractivity contribution is -0.115. The van der Waals surface area contributed by atoms with E-state index in [4.69, 9.17) is 5.73 Å². The number of fused-ring (bicyclic) bond motifs is 1. The fourth-order valence-electron chi connectivity index (χ4n) is 2.33. The zero-order valence-corrected chi connectivity index (χ0v) is 11.8.